The first-order valence-electron chi connectivity index (χ1n) is 5.88. The molecule has 2 aromatic rings. The third-order valence-corrected chi connectivity index (χ3v) is 2.96. The van der Waals surface area contributed by atoms with Crippen molar-refractivity contribution in [3.8, 4) is 11.5 Å². The molecule has 19 heavy (non-hydrogen) atoms. The van der Waals surface area contributed by atoms with E-state index in [1.807, 2.05) is 54.6 Å². The molecule has 2 rings (SSSR count). The second-order valence-electron chi connectivity index (χ2n) is 4.00. The minimum Gasteiger partial charge on any atom is -0.493 e. The van der Waals surface area contributed by atoms with Crippen LogP contribution in [0.25, 0.3) is 12.2 Å². The molecule has 98 valence electrons. The molecule has 0 bridgehead atoms. The van der Waals surface area contributed by atoms with Crippen LogP contribution in [0.3, 0.4) is 0 Å². The molecule has 0 amide bonds. The lowest BCUT2D eigenvalue weighted by atomic mass is 10.1. The smallest absolute Gasteiger partial charge is 0.161 e. The Bertz CT molecular complexity index is 591. The van der Waals surface area contributed by atoms with E-state index in [-0.39, 0.29) is 0 Å². The number of benzene rings is 2. The Balaban J connectivity index is 2.23. The van der Waals surface area contributed by atoms with Gasteiger partial charge in [-0.15, -0.1) is 0 Å². The van der Waals surface area contributed by atoms with Crippen molar-refractivity contribution in [1.29, 1.82) is 0 Å². The van der Waals surface area contributed by atoms with Gasteiger partial charge in [-0.1, -0.05) is 42.0 Å². The van der Waals surface area contributed by atoms with Gasteiger partial charge in [0.1, 0.15) is 0 Å². The summed E-state index contributed by atoms with van der Waals surface area (Å²) in [5.41, 5.74) is 2.10. The molecule has 0 aromatic heterocycles. The van der Waals surface area contributed by atoms with E-state index in [0.717, 1.165) is 27.6 Å². The maximum absolute atomic E-state index is 5.94. The molecule has 0 radical (unpaired) electrons. The summed E-state index contributed by atoms with van der Waals surface area (Å²) in [6, 6.07) is 13.5. The molecule has 0 aliphatic rings. The zero-order valence-electron chi connectivity index (χ0n) is 10.9. The highest BCUT2D eigenvalue weighted by Gasteiger charge is 2.02. The van der Waals surface area contributed by atoms with Crippen LogP contribution in [0.15, 0.2) is 42.5 Å². The van der Waals surface area contributed by atoms with Gasteiger partial charge in [-0.2, -0.15) is 0 Å². The Labute approximate surface area is 118 Å². The minimum absolute atomic E-state index is 0.718. The van der Waals surface area contributed by atoms with E-state index in [9.17, 15) is 0 Å². The average Bonchev–Trinajstić information content (AvgIpc) is 2.45. The largest absolute Gasteiger partial charge is 0.493 e. The second kappa shape index (κ2) is 6.30. The van der Waals surface area contributed by atoms with Crippen LogP contribution < -0.4 is 9.47 Å². The summed E-state index contributed by atoms with van der Waals surface area (Å²) in [7, 11) is 3.25. The van der Waals surface area contributed by atoms with E-state index in [0.29, 0.717) is 0 Å². The van der Waals surface area contributed by atoms with Crippen LogP contribution in [0.5, 0.6) is 11.5 Å². The Morgan fingerprint density at radius 1 is 0.842 bits per heavy atom. The Hall–Kier alpha value is -1.93. The van der Waals surface area contributed by atoms with Crippen LogP contribution in [0.1, 0.15) is 11.1 Å². The number of ether oxygens (including phenoxy) is 2. The van der Waals surface area contributed by atoms with Gasteiger partial charge < -0.3 is 9.47 Å². The maximum atomic E-state index is 5.94. The predicted molar refractivity (Wildman–Crippen MR) is 79.9 cm³/mol. The summed E-state index contributed by atoms with van der Waals surface area (Å²) in [4.78, 5) is 0. The standard InChI is InChI=1S/C16H15ClO2/c1-18-15-9-8-13(11-16(15)19-2)7-6-12-4-3-5-14(17)10-12/h3-11H,1-2H3. The summed E-state index contributed by atoms with van der Waals surface area (Å²) in [5.74, 6) is 1.44. The van der Waals surface area contributed by atoms with Crippen molar-refractivity contribution in [1.82, 2.24) is 0 Å². The summed E-state index contributed by atoms with van der Waals surface area (Å²) >= 11 is 5.94. The molecule has 3 heteroatoms. The summed E-state index contributed by atoms with van der Waals surface area (Å²) < 4.78 is 10.5. The molecule has 0 saturated carbocycles. The van der Waals surface area contributed by atoms with Gasteiger partial charge in [-0.3, -0.25) is 0 Å². The van der Waals surface area contributed by atoms with Gasteiger partial charge in [0, 0.05) is 5.02 Å². The van der Waals surface area contributed by atoms with Crippen LogP contribution in [0, 0.1) is 0 Å². The second-order valence-corrected chi connectivity index (χ2v) is 4.44. The van der Waals surface area contributed by atoms with Crippen LogP contribution in [-0.2, 0) is 0 Å². The van der Waals surface area contributed by atoms with Crippen LogP contribution in [0.2, 0.25) is 5.02 Å². The minimum atomic E-state index is 0.718. The molecule has 0 aliphatic carbocycles. The molecular weight excluding hydrogens is 260 g/mol. The van der Waals surface area contributed by atoms with E-state index in [1.54, 1.807) is 14.2 Å². The molecule has 0 N–H and O–H groups in total. The third-order valence-electron chi connectivity index (χ3n) is 2.72. The fraction of sp³-hybridized carbons (Fsp3) is 0.125. The Morgan fingerprint density at radius 2 is 1.53 bits per heavy atom. The van der Waals surface area contributed by atoms with Gasteiger partial charge in [0.15, 0.2) is 11.5 Å². The summed E-state index contributed by atoms with van der Waals surface area (Å²) in [6.45, 7) is 0. The lowest BCUT2D eigenvalue weighted by Gasteiger charge is -2.07. The van der Waals surface area contributed by atoms with E-state index in [4.69, 9.17) is 21.1 Å². The number of halogens is 1. The molecule has 0 unspecified atom stereocenters. The Kier molecular flexibility index (Phi) is 4.48. The van der Waals surface area contributed by atoms with Gasteiger partial charge >= 0.3 is 0 Å². The lowest BCUT2D eigenvalue weighted by molar-refractivity contribution is 0.355. The van der Waals surface area contributed by atoms with E-state index >= 15 is 0 Å². The van der Waals surface area contributed by atoms with Gasteiger partial charge in [0.05, 0.1) is 14.2 Å². The van der Waals surface area contributed by atoms with Crippen LogP contribution in [0.4, 0.5) is 0 Å². The first kappa shape index (κ1) is 13.5. The van der Waals surface area contributed by atoms with Crippen molar-refractivity contribution in [3.63, 3.8) is 0 Å². The molecular formula is C16H15ClO2. The molecule has 2 nitrogen and oxygen atoms in total. The van der Waals surface area contributed by atoms with Gasteiger partial charge in [-0.25, -0.2) is 0 Å². The van der Waals surface area contributed by atoms with Crippen LogP contribution >= 0.6 is 11.6 Å². The van der Waals surface area contributed by atoms with Gasteiger partial charge in [0.25, 0.3) is 0 Å². The van der Waals surface area contributed by atoms with Gasteiger partial charge in [-0.05, 0) is 35.4 Å². The normalized spacial score (nSPS) is 10.7. The van der Waals surface area contributed by atoms with Crippen LogP contribution in [-0.4, -0.2) is 14.2 Å². The lowest BCUT2D eigenvalue weighted by Crippen LogP contribution is -1.90. The van der Waals surface area contributed by atoms with Crippen molar-refractivity contribution in [2.45, 2.75) is 0 Å². The van der Waals surface area contributed by atoms with Crippen molar-refractivity contribution in [3.05, 3.63) is 58.6 Å². The molecule has 0 aliphatic heterocycles. The zero-order chi connectivity index (χ0) is 13.7. The van der Waals surface area contributed by atoms with Crippen molar-refractivity contribution >= 4 is 23.8 Å². The Morgan fingerprint density at radius 3 is 2.16 bits per heavy atom. The number of rotatable bonds is 4. The average molecular weight is 275 g/mol. The predicted octanol–water partition coefficient (Wildman–Crippen LogP) is 4.53. The summed E-state index contributed by atoms with van der Waals surface area (Å²) in [6.07, 6.45) is 4.01. The fourth-order valence-electron chi connectivity index (χ4n) is 1.76. The quantitative estimate of drug-likeness (QED) is 0.763. The number of hydrogen-bond donors (Lipinski definition) is 0. The molecule has 0 heterocycles. The molecule has 0 fully saturated rings. The van der Waals surface area contributed by atoms with Crippen molar-refractivity contribution in [2.24, 2.45) is 0 Å². The van der Waals surface area contributed by atoms with Crippen molar-refractivity contribution in [2.75, 3.05) is 14.2 Å². The van der Waals surface area contributed by atoms with E-state index < -0.39 is 0 Å². The molecule has 2 aromatic carbocycles. The number of hydrogen-bond acceptors (Lipinski definition) is 2. The zero-order valence-corrected chi connectivity index (χ0v) is 11.6. The highest BCUT2D eigenvalue weighted by Crippen LogP contribution is 2.28. The third kappa shape index (κ3) is 3.52. The highest BCUT2D eigenvalue weighted by atomic mass is 35.5. The first-order valence-corrected chi connectivity index (χ1v) is 6.26. The SMILES string of the molecule is COc1ccc(C=Cc2cccc(Cl)c2)cc1OC. The molecule has 0 atom stereocenters. The van der Waals surface area contributed by atoms with Gasteiger partial charge in [0.2, 0.25) is 0 Å². The van der Waals surface area contributed by atoms with E-state index in [2.05, 4.69) is 0 Å². The number of methoxy groups -OCH3 is 2. The summed E-state index contributed by atoms with van der Waals surface area (Å²) in [5, 5.41) is 0.731. The maximum Gasteiger partial charge on any atom is 0.161 e. The van der Waals surface area contributed by atoms with Crippen molar-refractivity contribution < 1.29 is 9.47 Å². The first-order chi connectivity index (χ1) is 9.22. The molecule has 0 saturated heterocycles. The monoisotopic (exact) mass is 274 g/mol. The van der Waals surface area contributed by atoms with E-state index in [1.165, 1.54) is 0 Å². The molecule has 0 spiro atoms. The highest BCUT2D eigenvalue weighted by molar-refractivity contribution is 6.30. The topological polar surface area (TPSA) is 18.5 Å². The fourth-order valence-corrected chi connectivity index (χ4v) is 1.96.